The summed E-state index contributed by atoms with van der Waals surface area (Å²) in [6.07, 6.45) is -0.479. The van der Waals surface area contributed by atoms with E-state index in [1.54, 1.807) is 0 Å². The van der Waals surface area contributed by atoms with E-state index in [1.807, 2.05) is 54.6 Å². The van der Waals surface area contributed by atoms with Crippen LogP contribution in [0.3, 0.4) is 0 Å². The summed E-state index contributed by atoms with van der Waals surface area (Å²) in [5.74, 6) is -0.598. The lowest BCUT2D eigenvalue weighted by atomic mass is 10.1. The molecule has 1 unspecified atom stereocenters. The Morgan fingerprint density at radius 1 is 1.12 bits per heavy atom. The van der Waals surface area contributed by atoms with Crippen LogP contribution in [0, 0.1) is 0 Å². The number of halogens is 1. The minimum atomic E-state index is -0.682. The molecule has 1 saturated heterocycles. The molecular weight excluding hydrogens is 400 g/mol. The molecule has 0 aliphatic carbocycles. The molecule has 2 aromatic carbocycles. The van der Waals surface area contributed by atoms with Gasteiger partial charge in [0.2, 0.25) is 5.91 Å². The third-order valence-electron chi connectivity index (χ3n) is 4.02. The highest BCUT2D eigenvalue weighted by Gasteiger charge is 2.33. The monoisotopic (exact) mass is 416 g/mol. The van der Waals surface area contributed by atoms with E-state index < -0.39 is 18.0 Å². The topological polar surface area (TPSA) is 75.7 Å². The first-order valence-corrected chi connectivity index (χ1v) is 8.88. The summed E-state index contributed by atoms with van der Waals surface area (Å²) in [7, 11) is 0. The number of hydrogen-bond acceptors (Lipinski definition) is 4. The van der Waals surface area contributed by atoms with Gasteiger partial charge >= 0.3 is 6.09 Å². The lowest BCUT2D eigenvalue weighted by Gasteiger charge is -2.23. The number of nitrogens with zero attached hydrogens (tertiary/aromatic N) is 1. The van der Waals surface area contributed by atoms with Crippen molar-refractivity contribution in [3.05, 3.63) is 70.2 Å². The van der Waals surface area contributed by atoms with Gasteiger partial charge in [-0.25, -0.2) is 9.69 Å². The van der Waals surface area contributed by atoms with Crippen LogP contribution in [0.25, 0.3) is 0 Å². The number of rotatable bonds is 6. The van der Waals surface area contributed by atoms with Gasteiger partial charge in [-0.2, -0.15) is 0 Å². The standard InChI is InChI=1S/C19H17BrN2O4/c20-15-8-6-13(7-9-15)10-17(23)21-16(14-4-2-1-3-5-14)11-22-18(24)12-26-19(22)25/h1-9,16H,10-12H2,(H,21,23). The summed E-state index contributed by atoms with van der Waals surface area (Å²) in [6, 6.07) is 16.2. The fourth-order valence-corrected chi connectivity index (χ4v) is 2.96. The Morgan fingerprint density at radius 3 is 2.42 bits per heavy atom. The van der Waals surface area contributed by atoms with Gasteiger partial charge in [-0.3, -0.25) is 9.59 Å². The van der Waals surface area contributed by atoms with Crippen LogP contribution in [0.1, 0.15) is 17.2 Å². The summed E-state index contributed by atoms with van der Waals surface area (Å²) in [6.45, 7) is -0.221. The highest BCUT2D eigenvalue weighted by molar-refractivity contribution is 9.10. The molecule has 1 fully saturated rings. The molecule has 6 nitrogen and oxygen atoms in total. The minimum Gasteiger partial charge on any atom is -0.439 e. The van der Waals surface area contributed by atoms with E-state index in [0.717, 1.165) is 20.5 Å². The van der Waals surface area contributed by atoms with Gasteiger partial charge in [0.1, 0.15) is 0 Å². The van der Waals surface area contributed by atoms with Crippen molar-refractivity contribution in [3.8, 4) is 0 Å². The number of ether oxygens (including phenoxy) is 1. The van der Waals surface area contributed by atoms with Crippen LogP contribution < -0.4 is 5.32 Å². The number of cyclic esters (lactones) is 1. The van der Waals surface area contributed by atoms with Crippen LogP contribution in [0.4, 0.5) is 4.79 Å². The SMILES string of the molecule is O=C(Cc1ccc(Br)cc1)NC(CN1C(=O)COC1=O)c1ccccc1. The van der Waals surface area contributed by atoms with E-state index in [2.05, 4.69) is 21.2 Å². The number of hydrogen-bond donors (Lipinski definition) is 1. The number of imide groups is 1. The van der Waals surface area contributed by atoms with Crippen LogP contribution in [0.5, 0.6) is 0 Å². The summed E-state index contributed by atoms with van der Waals surface area (Å²) in [5, 5.41) is 2.91. The van der Waals surface area contributed by atoms with E-state index in [4.69, 9.17) is 4.74 Å². The summed E-state index contributed by atoms with van der Waals surface area (Å²) < 4.78 is 5.69. The van der Waals surface area contributed by atoms with Crippen LogP contribution >= 0.6 is 15.9 Å². The molecule has 0 bridgehead atoms. The number of benzene rings is 2. The van der Waals surface area contributed by atoms with Gasteiger partial charge in [-0.15, -0.1) is 0 Å². The molecule has 0 spiro atoms. The number of carbonyl (C=O) groups excluding carboxylic acids is 3. The van der Waals surface area contributed by atoms with E-state index in [-0.39, 0.29) is 25.5 Å². The van der Waals surface area contributed by atoms with Crippen LogP contribution in [0.2, 0.25) is 0 Å². The molecule has 26 heavy (non-hydrogen) atoms. The molecule has 3 amide bonds. The summed E-state index contributed by atoms with van der Waals surface area (Å²) >= 11 is 3.36. The quantitative estimate of drug-likeness (QED) is 0.785. The van der Waals surface area contributed by atoms with Gasteiger partial charge in [0.25, 0.3) is 5.91 Å². The third-order valence-corrected chi connectivity index (χ3v) is 4.55. The van der Waals surface area contributed by atoms with E-state index in [0.29, 0.717) is 0 Å². The smallest absolute Gasteiger partial charge is 0.417 e. The Labute approximate surface area is 159 Å². The largest absolute Gasteiger partial charge is 0.439 e. The zero-order valence-electron chi connectivity index (χ0n) is 13.9. The molecule has 1 heterocycles. The average Bonchev–Trinajstić information content (AvgIpc) is 2.96. The molecule has 1 aliphatic rings. The maximum absolute atomic E-state index is 12.5. The Kier molecular flexibility index (Phi) is 5.68. The number of carbonyl (C=O) groups is 3. The van der Waals surface area contributed by atoms with Crippen molar-refractivity contribution in [1.29, 1.82) is 0 Å². The zero-order valence-corrected chi connectivity index (χ0v) is 15.4. The first-order chi connectivity index (χ1) is 12.5. The van der Waals surface area contributed by atoms with Crippen LogP contribution in [-0.4, -0.2) is 36.0 Å². The fourth-order valence-electron chi connectivity index (χ4n) is 2.69. The van der Waals surface area contributed by atoms with E-state index in [1.165, 1.54) is 0 Å². The fraction of sp³-hybridized carbons (Fsp3) is 0.211. The van der Waals surface area contributed by atoms with Crippen molar-refractivity contribution in [3.63, 3.8) is 0 Å². The molecule has 7 heteroatoms. The lowest BCUT2D eigenvalue weighted by molar-refractivity contribution is -0.127. The van der Waals surface area contributed by atoms with Crippen molar-refractivity contribution < 1.29 is 19.1 Å². The molecule has 134 valence electrons. The van der Waals surface area contributed by atoms with Gasteiger partial charge in [0.15, 0.2) is 6.61 Å². The maximum atomic E-state index is 12.5. The number of amides is 3. The molecular formula is C19H17BrN2O4. The van der Waals surface area contributed by atoms with Gasteiger partial charge in [-0.1, -0.05) is 58.4 Å². The Balaban J connectivity index is 1.73. The van der Waals surface area contributed by atoms with Crippen LogP contribution in [-0.2, 0) is 20.7 Å². The lowest BCUT2D eigenvalue weighted by Crippen LogP contribution is -2.40. The van der Waals surface area contributed by atoms with Gasteiger partial charge in [0.05, 0.1) is 19.0 Å². The Bertz CT molecular complexity index is 792. The molecule has 1 atom stereocenters. The second-order valence-electron chi connectivity index (χ2n) is 5.89. The highest BCUT2D eigenvalue weighted by atomic mass is 79.9. The van der Waals surface area contributed by atoms with E-state index >= 15 is 0 Å². The normalized spacial score (nSPS) is 14.9. The van der Waals surface area contributed by atoms with Gasteiger partial charge in [0, 0.05) is 4.47 Å². The Morgan fingerprint density at radius 2 is 1.81 bits per heavy atom. The van der Waals surface area contributed by atoms with Crippen molar-refractivity contribution >= 4 is 33.8 Å². The first kappa shape index (κ1) is 18.1. The zero-order chi connectivity index (χ0) is 18.5. The second kappa shape index (κ2) is 8.14. The second-order valence-corrected chi connectivity index (χ2v) is 6.81. The Hall–Kier alpha value is -2.67. The molecule has 0 aromatic heterocycles. The third kappa shape index (κ3) is 4.49. The maximum Gasteiger partial charge on any atom is 0.417 e. The van der Waals surface area contributed by atoms with Crippen molar-refractivity contribution in [2.75, 3.05) is 13.2 Å². The molecule has 2 aromatic rings. The average molecular weight is 417 g/mol. The molecule has 0 saturated carbocycles. The van der Waals surface area contributed by atoms with Gasteiger partial charge < -0.3 is 10.1 Å². The van der Waals surface area contributed by atoms with Crippen LogP contribution in [0.15, 0.2) is 59.1 Å². The van der Waals surface area contributed by atoms with E-state index in [9.17, 15) is 14.4 Å². The molecule has 1 aliphatic heterocycles. The predicted octanol–water partition coefficient (Wildman–Crippen LogP) is 2.83. The predicted molar refractivity (Wildman–Crippen MR) is 98.2 cm³/mol. The molecule has 0 radical (unpaired) electrons. The first-order valence-electron chi connectivity index (χ1n) is 8.09. The minimum absolute atomic E-state index is 0.0355. The summed E-state index contributed by atoms with van der Waals surface area (Å²) in [4.78, 5) is 37.0. The molecule has 1 N–H and O–H groups in total. The van der Waals surface area contributed by atoms with Crippen molar-refractivity contribution in [1.82, 2.24) is 10.2 Å². The highest BCUT2D eigenvalue weighted by Crippen LogP contribution is 2.18. The number of nitrogens with one attached hydrogen (secondary N) is 1. The summed E-state index contributed by atoms with van der Waals surface area (Å²) in [5.41, 5.74) is 1.68. The van der Waals surface area contributed by atoms with Crippen molar-refractivity contribution in [2.45, 2.75) is 12.5 Å². The van der Waals surface area contributed by atoms with Gasteiger partial charge in [-0.05, 0) is 23.3 Å². The van der Waals surface area contributed by atoms with Crippen molar-refractivity contribution in [2.24, 2.45) is 0 Å². The molecule has 3 rings (SSSR count).